The first-order chi connectivity index (χ1) is 9.10. The first-order valence-corrected chi connectivity index (χ1v) is 6.09. The Hall–Kier alpha value is -2.22. The molecule has 1 aromatic heterocycles. The van der Waals surface area contributed by atoms with Gasteiger partial charge in [0.25, 0.3) is 0 Å². The number of nitriles is 1. The minimum Gasteiger partial charge on any atom is -0.493 e. The zero-order valence-electron chi connectivity index (χ0n) is 11.6. The summed E-state index contributed by atoms with van der Waals surface area (Å²) in [7, 11) is 3.21. The van der Waals surface area contributed by atoms with Crippen LogP contribution in [0.4, 0.5) is 0 Å². The smallest absolute Gasteiger partial charge is 0.163 e. The topological polar surface area (TPSA) is 60.1 Å². The third-order valence-electron chi connectivity index (χ3n) is 3.12. The molecule has 2 rings (SSSR count). The second-order valence-electron chi connectivity index (χ2n) is 4.50. The Morgan fingerprint density at radius 3 is 2.53 bits per heavy atom. The van der Waals surface area contributed by atoms with Gasteiger partial charge in [0.15, 0.2) is 11.5 Å². The summed E-state index contributed by atoms with van der Waals surface area (Å²) < 4.78 is 12.6. The van der Waals surface area contributed by atoms with Crippen LogP contribution < -0.4 is 9.47 Å². The molecule has 1 aromatic carbocycles. The van der Waals surface area contributed by atoms with Gasteiger partial charge in [0.2, 0.25) is 0 Å². The van der Waals surface area contributed by atoms with E-state index < -0.39 is 0 Å². The number of nitrogens with zero attached hydrogens (tertiary/aromatic N) is 3. The van der Waals surface area contributed by atoms with Crippen molar-refractivity contribution in [3.63, 3.8) is 0 Å². The van der Waals surface area contributed by atoms with Gasteiger partial charge in [-0.3, -0.25) is 0 Å². The highest BCUT2D eigenvalue weighted by molar-refractivity contribution is 5.80. The third-order valence-corrected chi connectivity index (χ3v) is 3.12. The van der Waals surface area contributed by atoms with Crippen LogP contribution in [0.25, 0.3) is 11.0 Å². The lowest BCUT2D eigenvalue weighted by molar-refractivity contribution is 0.355. The molecule has 0 saturated heterocycles. The van der Waals surface area contributed by atoms with Crippen molar-refractivity contribution in [3.05, 3.63) is 18.0 Å². The summed E-state index contributed by atoms with van der Waals surface area (Å²) in [5.41, 5.74) is 1.80. The number of methoxy groups -OCH3 is 2. The molecule has 19 heavy (non-hydrogen) atoms. The Morgan fingerprint density at radius 2 is 1.95 bits per heavy atom. The van der Waals surface area contributed by atoms with Crippen LogP contribution in [0.3, 0.4) is 0 Å². The van der Waals surface area contributed by atoms with E-state index in [1.165, 1.54) is 0 Å². The van der Waals surface area contributed by atoms with Crippen molar-refractivity contribution in [2.75, 3.05) is 14.2 Å². The van der Waals surface area contributed by atoms with Crippen molar-refractivity contribution in [1.29, 1.82) is 5.26 Å². The van der Waals surface area contributed by atoms with E-state index in [2.05, 4.69) is 11.1 Å². The highest BCUT2D eigenvalue weighted by Gasteiger charge is 2.14. The minimum atomic E-state index is -0.0656. The van der Waals surface area contributed by atoms with Crippen LogP contribution in [-0.4, -0.2) is 23.8 Å². The Labute approximate surface area is 112 Å². The van der Waals surface area contributed by atoms with Crippen LogP contribution >= 0.6 is 0 Å². The van der Waals surface area contributed by atoms with E-state index in [9.17, 15) is 0 Å². The molecule has 100 valence electrons. The molecular weight excluding hydrogens is 242 g/mol. The Balaban J connectivity index is 2.59. The van der Waals surface area contributed by atoms with Crippen molar-refractivity contribution in [2.24, 2.45) is 5.92 Å². The SMILES string of the molecule is COc1cc2nc(C)n(CC(C)C#N)c2cc1OC. The van der Waals surface area contributed by atoms with Gasteiger partial charge in [-0.15, -0.1) is 0 Å². The van der Waals surface area contributed by atoms with Gasteiger partial charge in [-0.2, -0.15) is 5.26 Å². The van der Waals surface area contributed by atoms with Crippen LogP contribution in [0.5, 0.6) is 11.5 Å². The predicted molar refractivity (Wildman–Crippen MR) is 72.4 cm³/mol. The average Bonchev–Trinajstić information content (AvgIpc) is 2.72. The second kappa shape index (κ2) is 5.19. The van der Waals surface area contributed by atoms with Gasteiger partial charge >= 0.3 is 0 Å². The van der Waals surface area contributed by atoms with Gasteiger partial charge in [0, 0.05) is 18.7 Å². The summed E-state index contributed by atoms with van der Waals surface area (Å²) in [5.74, 6) is 2.14. The van der Waals surface area contributed by atoms with Gasteiger partial charge in [0.1, 0.15) is 5.82 Å². The molecule has 0 saturated carbocycles. The fourth-order valence-corrected chi connectivity index (χ4v) is 2.12. The molecule has 0 amide bonds. The number of rotatable bonds is 4. The molecule has 1 unspecified atom stereocenters. The van der Waals surface area contributed by atoms with Gasteiger partial charge in [-0.1, -0.05) is 0 Å². The van der Waals surface area contributed by atoms with Crippen molar-refractivity contribution in [2.45, 2.75) is 20.4 Å². The van der Waals surface area contributed by atoms with Crippen LogP contribution in [-0.2, 0) is 6.54 Å². The maximum absolute atomic E-state index is 8.95. The molecule has 0 spiro atoms. The van der Waals surface area contributed by atoms with E-state index in [1.54, 1.807) is 14.2 Å². The van der Waals surface area contributed by atoms with Crippen molar-refractivity contribution in [1.82, 2.24) is 9.55 Å². The van der Waals surface area contributed by atoms with Gasteiger partial charge in [-0.25, -0.2) is 4.98 Å². The molecule has 1 atom stereocenters. The zero-order valence-corrected chi connectivity index (χ0v) is 11.6. The van der Waals surface area contributed by atoms with Crippen LogP contribution in [0, 0.1) is 24.2 Å². The van der Waals surface area contributed by atoms with Crippen LogP contribution in [0.15, 0.2) is 12.1 Å². The van der Waals surface area contributed by atoms with Crippen molar-refractivity contribution < 1.29 is 9.47 Å². The van der Waals surface area contributed by atoms with E-state index >= 15 is 0 Å². The molecule has 0 bridgehead atoms. The number of hydrogen-bond acceptors (Lipinski definition) is 4. The largest absolute Gasteiger partial charge is 0.493 e. The summed E-state index contributed by atoms with van der Waals surface area (Å²) in [6.07, 6.45) is 0. The number of fused-ring (bicyclic) bond motifs is 1. The first kappa shape index (κ1) is 13.2. The van der Waals surface area contributed by atoms with Crippen molar-refractivity contribution in [3.8, 4) is 17.6 Å². The highest BCUT2D eigenvalue weighted by atomic mass is 16.5. The summed E-state index contributed by atoms with van der Waals surface area (Å²) in [5, 5.41) is 8.95. The Kier molecular flexibility index (Phi) is 3.61. The molecule has 2 aromatic rings. The van der Waals surface area contributed by atoms with E-state index in [0.29, 0.717) is 18.0 Å². The molecule has 0 N–H and O–H groups in total. The standard InChI is InChI=1S/C14H17N3O2/c1-9(7-15)8-17-10(2)16-11-5-13(18-3)14(19-4)6-12(11)17/h5-6,9H,8H2,1-4H3. The summed E-state index contributed by atoms with van der Waals surface area (Å²) in [4.78, 5) is 4.50. The second-order valence-corrected chi connectivity index (χ2v) is 4.50. The molecule has 0 fully saturated rings. The number of imidazole rings is 1. The minimum absolute atomic E-state index is 0.0656. The highest BCUT2D eigenvalue weighted by Crippen LogP contribution is 2.32. The summed E-state index contributed by atoms with van der Waals surface area (Å²) in [6.45, 7) is 4.45. The average molecular weight is 259 g/mol. The van der Waals surface area contributed by atoms with E-state index in [-0.39, 0.29) is 5.92 Å². The molecule has 0 aliphatic heterocycles. The molecule has 1 heterocycles. The van der Waals surface area contributed by atoms with Gasteiger partial charge in [0.05, 0.1) is 37.2 Å². The molecule has 0 aliphatic rings. The molecule has 5 nitrogen and oxygen atoms in total. The maximum Gasteiger partial charge on any atom is 0.163 e. The number of aryl methyl sites for hydroxylation is 1. The quantitative estimate of drug-likeness (QED) is 0.846. The van der Waals surface area contributed by atoms with Crippen LogP contribution in [0.1, 0.15) is 12.7 Å². The van der Waals surface area contributed by atoms with E-state index in [0.717, 1.165) is 16.9 Å². The van der Waals surface area contributed by atoms with E-state index in [4.69, 9.17) is 14.7 Å². The zero-order chi connectivity index (χ0) is 14.0. The number of benzene rings is 1. The summed E-state index contributed by atoms with van der Waals surface area (Å²) in [6, 6.07) is 6.00. The normalized spacial score (nSPS) is 12.2. The fourth-order valence-electron chi connectivity index (χ4n) is 2.12. The Bertz CT molecular complexity index is 640. The van der Waals surface area contributed by atoms with E-state index in [1.807, 2.05) is 30.5 Å². The number of aromatic nitrogens is 2. The van der Waals surface area contributed by atoms with Crippen LogP contribution in [0.2, 0.25) is 0 Å². The van der Waals surface area contributed by atoms with Gasteiger partial charge < -0.3 is 14.0 Å². The lowest BCUT2D eigenvalue weighted by atomic mass is 10.2. The fraction of sp³-hybridized carbons (Fsp3) is 0.429. The molecule has 0 radical (unpaired) electrons. The number of ether oxygens (including phenoxy) is 2. The van der Waals surface area contributed by atoms with Gasteiger partial charge in [-0.05, 0) is 13.8 Å². The number of hydrogen-bond donors (Lipinski definition) is 0. The lowest BCUT2D eigenvalue weighted by Crippen LogP contribution is -2.07. The first-order valence-electron chi connectivity index (χ1n) is 6.09. The third kappa shape index (κ3) is 2.34. The van der Waals surface area contributed by atoms with Crippen molar-refractivity contribution >= 4 is 11.0 Å². The molecule has 0 aliphatic carbocycles. The molecule has 5 heteroatoms. The summed E-state index contributed by atoms with van der Waals surface area (Å²) >= 11 is 0. The Morgan fingerprint density at radius 1 is 1.32 bits per heavy atom. The lowest BCUT2D eigenvalue weighted by Gasteiger charge is -2.10. The molecular formula is C14H17N3O2. The monoisotopic (exact) mass is 259 g/mol. The predicted octanol–water partition coefficient (Wildman–Crippen LogP) is 2.52. The maximum atomic E-state index is 8.95.